The Morgan fingerprint density at radius 2 is 0.826 bits per heavy atom. The van der Waals surface area contributed by atoms with E-state index < -0.39 is 20.5 Å². The summed E-state index contributed by atoms with van der Waals surface area (Å²) in [7, 11) is -9.89. The Morgan fingerprint density at radius 3 is 1.09 bits per heavy atom. The van der Waals surface area contributed by atoms with Gasteiger partial charge in [-0.1, -0.05) is 30.3 Å². The maximum atomic E-state index is 11.7. The van der Waals surface area contributed by atoms with Crippen LogP contribution in [-0.4, -0.2) is 30.7 Å². The molecule has 18 heteroatoms. The summed E-state index contributed by atoms with van der Waals surface area (Å²) < 4.78 is 67.9. The summed E-state index contributed by atoms with van der Waals surface area (Å²) in [6, 6.07) is 29.7. The largest absolute Gasteiger partial charge is 2.00 e. The third-order valence-electron chi connectivity index (χ3n) is 4.40. The summed E-state index contributed by atoms with van der Waals surface area (Å²) >= 11 is 0. The predicted octanol–water partition coefficient (Wildman–Crippen LogP) is -4.07. The van der Waals surface area contributed by atoms with Crippen LogP contribution >= 0.6 is 0 Å². The van der Waals surface area contributed by atoms with Crippen molar-refractivity contribution >= 4 is 5.78 Å². The summed E-state index contributed by atoms with van der Waals surface area (Å²) in [5, 5.41) is 7.32. The maximum Gasteiger partial charge on any atom is 2.00 e. The van der Waals surface area contributed by atoms with Crippen LogP contribution in [0.1, 0.15) is 23.1 Å². The Bertz CT molecular complexity index is 1460. The molecule has 0 aliphatic heterocycles. The molecule has 5 rings (SSSR count). The average molecular weight is 758 g/mol. The molecule has 0 amide bonds. The monoisotopic (exact) mass is 758 g/mol. The Labute approximate surface area is 280 Å². The van der Waals surface area contributed by atoms with Gasteiger partial charge in [-0.05, 0) is 60.7 Å². The Morgan fingerprint density at radius 1 is 0.543 bits per heavy atom. The van der Waals surface area contributed by atoms with Gasteiger partial charge in [0, 0.05) is 31.7 Å². The minimum Gasteiger partial charge on any atom is -0.285 e. The summed E-state index contributed by atoms with van der Waals surface area (Å²) in [5.41, 5.74) is 4.31. The van der Waals surface area contributed by atoms with Crippen LogP contribution in [0.3, 0.4) is 0 Å². The van der Waals surface area contributed by atoms with Gasteiger partial charge in [-0.15, -0.1) is 20.5 Å². The zero-order chi connectivity index (χ0) is 33.7. The molecule has 0 spiro atoms. The number of ketones is 1. The quantitative estimate of drug-likeness (QED) is 0.124. The van der Waals surface area contributed by atoms with Crippen LogP contribution in [0.25, 0.3) is 22.8 Å². The van der Waals surface area contributed by atoms with E-state index in [0.717, 1.165) is 22.8 Å². The summed E-state index contributed by atoms with van der Waals surface area (Å²) in [6.07, 6.45) is 6.72. The normalized spacial score (nSPS) is 9.74. The molecule has 0 radical (unpaired) electrons. The Kier molecular flexibility index (Phi) is 20.3. The summed E-state index contributed by atoms with van der Waals surface area (Å²) in [4.78, 5) is 32.8. The van der Waals surface area contributed by atoms with Crippen LogP contribution in [0.15, 0.2) is 116 Å². The third-order valence-corrected chi connectivity index (χ3v) is 4.40. The van der Waals surface area contributed by atoms with Crippen molar-refractivity contribution in [3.63, 3.8) is 0 Å². The number of aromatic nitrogens is 5. The molecule has 0 fully saturated rings. The van der Waals surface area contributed by atoms with Crippen molar-refractivity contribution in [2.45, 2.75) is 6.92 Å². The van der Waals surface area contributed by atoms with Crippen LogP contribution in [0.4, 0.5) is 0 Å². The number of nitrogens with zero attached hydrogens (tertiary/aromatic N) is 6. The van der Waals surface area contributed by atoms with E-state index in [9.17, 15) is 4.79 Å². The first kappa shape index (κ1) is 41.8. The van der Waals surface area contributed by atoms with E-state index in [1.165, 1.54) is 6.92 Å². The van der Waals surface area contributed by atoms with Crippen molar-refractivity contribution in [1.82, 2.24) is 24.9 Å². The first-order valence-electron chi connectivity index (χ1n) is 11.9. The Hall–Kier alpha value is -4.21. The van der Waals surface area contributed by atoms with Crippen molar-refractivity contribution in [1.29, 1.82) is 5.26 Å². The second kappa shape index (κ2) is 22.3. The molecule has 240 valence electrons. The van der Waals surface area contributed by atoms with E-state index in [1.807, 2.05) is 54.6 Å². The fraction of sp³-hybridized carbons (Fsp3) is 0.0357. The fourth-order valence-electron chi connectivity index (χ4n) is 2.87. The first-order chi connectivity index (χ1) is 21.2. The third kappa shape index (κ3) is 20.7. The molecule has 0 unspecified atom stereocenters. The van der Waals surface area contributed by atoms with Gasteiger partial charge in [0.15, 0.2) is 0 Å². The molecule has 0 atom stereocenters. The van der Waals surface area contributed by atoms with Gasteiger partial charge in [0.2, 0.25) is 5.78 Å². The van der Waals surface area contributed by atoms with Gasteiger partial charge in [0.1, 0.15) is 11.4 Å². The van der Waals surface area contributed by atoms with Gasteiger partial charge in [-0.3, -0.25) is 24.7 Å². The molecule has 0 aliphatic rings. The smallest absolute Gasteiger partial charge is 0.285 e. The van der Waals surface area contributed by atoms with Crippen molar-refractivity contribution in [3.8, 4) is 28.8 Å². The van der Waals surface area contributed by atoms with Crippen LogP contribution in [0.5, 0.6) is 0 Å². The van der Waals surface area contributed by atoms with E-state index in [2.05, 4.69) is 24.9 Å². The summed E-state index contributed by atoms with van der Waals surface area (Å²) in [6.45, 7) is 1.43. The molecule has 5 aromatic heterocycles. The summed E-state index contributed by atoms with van der Waals surface area (Å²) in [5.74, 6) is -0.147. The van der Waals surface area contributed by atoms with Crippen molar-refractivity contribution in [2.75, 3.05) is 0 Å². The molecule has 5 heterocycles. The molecule has 15 nitrogen and oxygen atoms in total. The number of pyridine rings is 5. The van der Waals surface area contributed by atoms with Crippen LogP contribution in [-0.2, 0) is 19.5 Å². The standard InChI is InChI=1S/C15H11N3.C11H8N2O.C2H3N.2ClHO4.Ru/c1-3-10-16-12(6-1)14-8-5-9-15(18-14)13-7-2-4-11-17-13;14-11(9-5-1-3-7-12-9)10-6-2-4-8-13-10;1-2-3;2*2-1(3,4)5;/h1-11H;1-8H;1H3;2*(H,2,3,4,5);/q;;;;;+2/p-2. The van der Waals surface area contributed by atoms with Crippen molar-refractivity contribution < 1.29 is 82.0 Å². The molecule has 46 heavy (non-hydrogen) atoms. The molecule has 0 saturated heterocycles. The molecule has 0 bridgehead atoms. The number of halogens is 2. The molecular weight excluding hydrogens is 736 g/mol. The molecule has 5 aromatic rings. The number of rotatable bonds is 4. The number of carbonyl (C=O) groups is 1. The topological polar surface area (TPSA) is 290 Å². The van der Waals surface area contributed by atoms with Crippen LogP contribution < -0.4 is 37.3 Å². The average Bonchev–Trinajstić information content (AvgIpc) is 3.02. The second-order valence-corrected chi connectivity index (χ2v) is 9.09. The molecule has 0 aliphatic carbocycles. The van der Waals surface area contributed by atoms with E-state index >= 15 is 0 Å². The number of hydrogen-bond donors (Lipinski definition) is 0. The van der Waals surface area contributed by atoms with Crippen LogP contribution in [0.2, 0.25) is 0 Å². The van der Waals surface area contributed by atoms with E-state index in [1.54, 1.807) is 67.3 Å². The van der Waals surface area contributed by atoms with Gasteiger partial charge in [-0.25, -0.2) is 42.3 Å². The van der Waals surface area contributed by atoms with Crippen LogP contribution in [0, 0.1) is 31.8 Å². The van der Waals surface area contributed by atoms with E-state index in [4.69, 9.17) is 42.5 Å². The van der Waals surface area contributed by atoms with Crippen molar-refractivity contribution in [3.05, 3.63) is 127 Å². The Balaban J connectivity index is 0.000000641. The molecular formula is C28H22Cl2N6O9Ru. The fourth-order valence-corrected chi connectivity index (χ4v) is 2.87. The van der Waals surface area contributed by atoms with Crippen molar-refractivity contribution in [2.24, 2.45) is 0 Å². The zero-order valence-electron chi connectivity index (χ0n) is 23.4. The van der Waals surface area contributed by atoms with Gasteiger partial charge in [0.25, 0.3) is 0 Å². The molecule has 0 aromatic carbocycles. The van der Waals surface area contributed by atoms with Gasteiger partial charge < -0.3 is 0 Å². The molecule has 0 saturated carbocycles. The number of carbonyl (C=O) groups excluding carboxylic acids is 1. The molecule has 0 N–H and O–H groups in total. The zero-order valence-corrected chi connectivity index (χ0v) is 26.7. The maximum absolute atomic E-state index is 11.7. The number of nitriles is 1. The van der Waals surface area contributed by atoms with E-state index in [-0.39, 0.29) is 25.3 Å². The SMILES string of the molecule is CC#N.O=C(c1ccccn1)c1ccccn1.[O-][Cl+3]([O-])([O-])[O-].[O-][Cl+3]([O-])([O-])[O-].[Ru+2].c1ccc(-c2cccc(-c3ccccn3)n2)nc1. The predicted molar refractivity (Wildman–Crippen MR) is 134 cm³/mol. The van der Waals surface area contributed by atoms with E-state index in [0.29, 0.717) is 11.4 Å². The second-order valence-electron chi connectivity index (χ2n) is 7.58. The van der Waals surface area contributed by atoms with Gasteiger partial charge in [0.05, 0.1) is 28.8 Å². The minimum absolute atomic E-state index is 0. The first-order valence-corrected chi connectivity index (χ1v) is 14.4. The minimum atomic E-state index is -4.94. The number of hydrogen-bond acceptors (Lipinski definition) is 15. The van der Waals surface area contributed by atoms with Gasteiger partial charge >= 0.3 is 19.5 Å². The van der Waals surface area contributed by atoms with Gasteiger partial charge in [-0.2, -0.15) is 5.26 Å².